The molecule has 0 fully saturated rings. The lowest BCUT2D eigenvalue weighted by Gasteiger charge is -2.25. The summed E-state index contributed by atoms with van der Waals surface area (Å²) in [4.78, 5) is 25.8. The summed E-state index contributed by atoms with van der Waals surface area (Å²) in [6.07, 6.45) is 3.14. The average molecular weight is 396 g/mol. The van der Waals surface area contributed by atoms with E-state index in [2.05, 4.69) is 0 Å². The number of carbonyl (C=O) groups excluding carboxylic acids is 2. The first-order valence-electron chi connectivity index (χ1n) is 9.25. The Hall–Kier alpha value is -1.94. The standard InChI is InChI=1S/C20H29O6P/c1-5-7-12-20(27-23,19(22)26-13-8-6-2)14-15(21)18-16(24-3)10-9-11-17(18)25-4/h9-11H,5-8,12-14H2,1-4H3. The first-order valence-corrected chi connectivity index (χ1v) is 10.1. The van der Waals surface area contributed by atoms with E-state index in [-0.39, 0.29) is 24.4 Å². The van der Waals surface area contributed by atoms with Crippen molar-refractivity contribution in [2.24, 2.45) is 0 Å². The summed E-state index contributed by atoms with van der Waals surface area (Å²) in [5.41, 5.74) is 0.244. The van der Waals surface area contributed by atoms with Gasteiger partial charge >= 0.3 is 5.97 Å². The molecular weight excluding hydrogens is 367 g/mol. The molecule has 0 saturated carbocycles. The highest BCUT2D eigenvalue weighted by Crippen LogP contribution is 2.39. The van der Waals surface area contributed by atoms with Crippen LogP contribution in [-0.2, 0) is 14.1 Å². The van der Waals surface area contributed by atoms with Crippen LogP contribution in [0.3, 0.4) is 0 Å². The fourth-order valence-corrected chi connectivity index (χ4v) is 3.37. The van der Waals surface area contributed by atoms with E-state index in [1.54, 1.807) is 18.2 Å². The predicted molar refractivity (Wildman–Crippen MR) is 104 cm³/mol. The molecule has 0 spiro atoms. The molecule has 0 aromatic heterocycles. The second-order valence-electron chi connectivity index (χ2n) is 6.35. The molecule has 1 atom stereocenters. The number of hydrogen-bond donors (Lipinski definition) is 0. The number of carbonyl (C=O) groups is 2. The minimum absolute atomic E-state index is 0.236. The van der Waals surface area contributed by atoms with E-state index in [0.717, 1.165) is 19.3 Å². The molecule has 0 heterocycles. The Kier molecular flexibility index (Phi) is 10.0. The molecule has 0 bridgehead atoms. The molecule has 1 rings (SSSR count). The Morgan fingerprint density at radius 3 is 2.11 bits per heavy atom. The van der Waals surface area contributed by atoms with Crippen molar-refractivity contribution >= 4 is 20.2 Å². The number of unbranched alkanes of at least 4 members (excludes halogenated alkanes) is 2. The zero-order valence-corrected chi connectivity index (χ0v) is 17.5. The van der Waals surface area contributed by atoms with Crippen molar-refractivity contribution in [2.45, 2.75) is 57.5 Å². The van der Waals surface area contributed by atoms with Gasteiger partial charge in [-0.05, 0) is 25.0 Å². The number of esters is 1. The van der Waals surface area contributed by atoms with Gasteiger partial charge in [0.2, 0.25) is 0 Å². The summed E-state index contributed by atoms with van der Waals surface area (Å²) in [5.74, 6) is -0.254. The normalized spacial score (nSPS) is 13.0. The zero-order valence-electron chi connectivity index (χ0n) is 16.6. The van der Waals surface area contributed by atoms with Crippen LogP contribution < -0.4 is 9.47 Å². The second kappa shape index (κ2) is 11.7. The molecule has 0 radical (unpaired) electrons. The topological polar surface area (TPSA) is 78.9 Å². The monoisotopic (exact) mass is 396 g/mol. The maximum absolute atomic E-state index is 13.1. The molecule has 7 heteroatoms. The molecule has 150 valence electrons. The first kappa shape index (κ1) is 23.1. The van der Waals surface area contributed by atoms with Crippen molar-refractivity contribution in [3.63, 3.8) is 0 Å². The molecule has 0 N–H and O–H groups in total. The van der Waals surface area contributed by atoms with Crippen molar-refractivity contribution in [3.8, 4) is 11.5 Å². The molecule has 1 aromatic carbocycles. The Bertz CT molecular complexity index is 623. The Labute approximate surface area is 162 Å². The summed E-state index contributed by atoms with van der Waals surface area (Å²) in [6.45, 7) is 4.21. The van der Waals surface area contributed by atoms with E-state index in [4.69, 9.17) is 14.2 Å². The molecule has 27 heavy (non-hydrogen) atoms. The Morgan fingerprint density at radius 2 is 1.63 bits per heavy atom. The number of Topliss-reactive ketones (excluding diaryl/α,β-unsaturated/α-hetero) is 1. The molecule has 0 saturated heterocycles. The van der Waals surface area contributed by atoms with Gasteiger partial charge in [0.1, 0.15) is 17.1 Å². The van der Waals surface area contributed by atoms with Crippen molar-refractivity contribution < 1.29 is 28.4 Å². The van der Waals surface area contributed by atoms with E-state index in [0.29, 0.717) is 24.3 Å². The highest BCUT2D eigenvalue weighted by Gasteiger charge is 2.43. The lowest BCUT2D eigenvalue weighted by molar-refractivity contribution is -0.147. The lowest BCUT2D eigenvalue weighted by atomic mass is 9.91. The third-order valence-corrected chi connectivity index (χ3v) is 5.30. The first-order chi connectivity index (χ1) is 13.0. The predicted octanol–water partition coefficient (Wildman–Crippen LogP) is 4.84. The summed E-state index contributed by atoms with van der Waals surface area (Å²) >= 11 is 0. The van der Waals surface area contributed by atoms with Gasteiger partial charge in [-0.25, -0.2) is 0 Å². The van der Waals surface area contributed by atoms with Crippen molar-refractivity contribution in [1.29, 1.82) is 0 Å². The molecule has 0 aliphatic carbocycles. The number of benzene rings is 1. The van der Waals surface area contributed by atoms with Gasteiger partial charge in [-0.3, -0.25) is 14.2 Å². The van der Waals surface area contributed by atoms with Gasteiger partial charge in [-0.15, -0.1) is 0 Å². The van der Waals surface area contributed by atoms with E-state index >= 15 is 0 Å². The summed E-state index contributed by atoms with van der Waals surface area (Å²) in [5, 5.41) is -1.40. The third kappa shape index (κ3) is 6.03. The van der Waals surface area contributed by atoms with Crippen molar-refractivity contribution in [2.75, 3.05) is 20.8 Å². The maximum Gasteiger partial charge on any atom is 0.324 e. The zero-order chi connectivity index (χ0) is 20.3. The maximum atomic E-state index is 13.1. The van der Waals surface area contributed by atoms with E-state index in [9.17, 15) is 14.2 Å². The smallest absolute Gasteiger partial charge is 0.324 e. The Balaban J connectivity index is 3.19. The van der Waals surface area contributed by atoms with Crippen LogP contribution in [0.15, 0.2) is 18.2 Å². The number of hydrogen-bond acceptors (Lipinski definition) is 6. The molecule has 0 amide bonds. The van der Waals surface area contributed by atoms with Gasteiger partial charge in [0.25, 0.3) is 0 Å². The van der Waals surface area contributed by atoms with Gasteiger partial charge in [-0.1, -0.05) is 39.2 Å². The highest BCUT2D eigenvalue weighted by atomic mass is 31.1. The fourth-order valence-electron chi connectivity index (χ4n) is 2.77. The molecule has 0 aliphatic rings. The van der Waals surface area contributed by atoms with Crippen molar-refractivity contribution in [1.82, 2.24) is 0 Å². The largest absolute Gasteiger partial charge is 0.496 e. The molecule has 1 aromatic rings. The number of ether oxygens (including phenoxy) is 3. The van der Waals surface area contributed by atoms with Gasteiger partial charge in [0, 0.05) is 6.42 Å². The van der Waals surface area contributed by atoms with Crippen LogP contribution in [0, 0.1) is 0 Å². The van der Waals surface area contributed by atoms with Crippen molar-refractivity contribution in [3.05, 3.63) is 23.8 Å². The van der Waals surface area contributed by atoms with Gasteiger partial charge in [0.15, 0.2) is 19.4 Å². The number of rotatable bonds is 13. The molecule has 1 unspecified atom stereocenters. The summed E-state index contributed by atoms with van der Waals surface area (Å²) < 4.78 is 28.0. The third-order valence-electron chi connectivity index (χ3n) is 4.39. The summed E-state index contributed by atoms with van der Waals surface area (Å²) in [6, 6.07) is 5.01. The van der Waals surface area contributed by atoms with Crippen LogP contribution in [0.2, 0.25) is 0 Å². The minimum atomic E-state index is -1.40. The van der Waals surface area contributed by atoms with E-state index in [1.165, 1.54) is 14.2 Å². The average Bonchev–Trinajstić information content (AvgIpc) is 2.70. The minimum Gasteiger partial charge on any atom is -0.496 e. The van der Waals surface area contributed by atoms with Gasteiger partial charge < -0.3 is 14.2 Å². The lowest BCUT2D eigenvalue weighted by Crippen LogP contribution is -2.37. The van der Waals surface area contributed by atoms with Crippen LogP contribution >= 0.6 is 8.46 Å². The fraction of sp³-hybridized carbons (Fsp3) is 0.600. The highest BCUT2D eigenvalue weighted by molar-refractivity contribution is 7.28. The van der Waals surface area contributed by atoms with Crippen LogP contribution in [0.1, 0.15) is 62.7 Å². The number of methoxy groups -OCH3 is 2. The second-order valence-corrected chi connectivity index (χ2v) is 7.39. The molecule has 6 nitrogen and oxygen atoms in total. The number of ketones is 1. The van der Waals surface area contributed by atoms with E-state index < -0.39 is 19.6 Å². The molecular formula is C20H29O6P. The van der Waals surface area contributed by atoms with Crippen LogP contribution in [-0.4, -0.2) is 37.7 Å². The van der Waals surface area contributed by atoms with Crippen LogP contribution in [0.5, 0.6) is 11.5 Å². The quantitative estimate of drug-likeness (QED) is 0.205. The SMILES string of the molecule is CCCCOC(=O)C(CCCC)(CC(=O)c1c(OC)cccc1OC)P=O. The van der Waals surface area contributed by atoms with Gasteiger partial charge in [0.05, 0.1) is 20.8 Å². The van der Waals surface area contributed by atoms with E-state index in [1.807, 2.05) is 13.8 Å². The molecule has 0 aliphatic heterocycles. The summed E-state index contributed by atoms with van der Waals surface area (Å²) in [7, 11) is 2.50. The van der Waals surface area contributed by atoms with Gasteiger partial charge in [-0.2, -0.15) is 0 Å². The van der Waals surface area contributed by atoms with Crippen LogP contribution in [0.25, 0.3) is 0 Å². The Morgan fingerprint density at radius 1 is 1.04 bits per heavy atom. The van der Waals surface area contributed by atoms with Crippen LogP contribution in [0.4, 0.5) is 0 Å².